The summed E-state index contributed by atoms with van der Waals surface area (Å²) in [6.07, 6.45) is 0.361. The Labute approximate surface area is 79.7 Å². The summed E-state index contributed by atoms with van der Waals surface area (Å²) in [6, 6.07) is -0.661. The SMILES string of the molecule is COC(=O)C(N)Cc1csc(N)n1. The molecule has 0 aliphatic carbocycles. The van der Waals surface area contributed by atoms with Crippen molar-refractivity contribution < 1.29 is 9.53 Å². The number of methoxy groups -OCH3 is 1. The van der Waals surface area contributed by atoms with Crippen molar-refractivity contribution in [2.45, 2.75) is 12.5 Å². The second-order valence-electron chi connectivity index (χ2n) is 2.51. The molecule has 72 valence electrons. The van der Waals surface area contributed by atoms with Gasteiger partial charge in [0.2, 0.25) is 0 Å². The van der Waals surface area contributed by atoms with Crippen LogP contribution in [0, 0.1) is 0 Å². The second-order valence-corrected chi connectivity index (χ2v) is 3.40. The van der Waals surface area contributed by atoms with Crippen molar-refractivity contribution >= 4 is 22.4 Å². The molecule has 0 aliphatic rings. The lowest BCUT2D eigenvalue weighted by Gasteiger charge is -2.05. The number of ether oxygens (including phenoxy) is 1. The summed E-state index contributed by atoms with van der Waals surface area (Å²) < 4.78 is 4.47. The first-order valence-electron chi connectivity index (χ1n) is 3.66. The summed E-state index contributed by atoms with van der Waals surface area (Å²) in [5.74, 6) is -0.438. The van der Waals surface area contributed by atoms with Gasteiger partial charge in [-0.1, -0.05) is 0 Å². The molecule has 0 fully saturated rings. The summed E-state index contributed by atoms with van der Waals surface area (Å²) in [5, 5.41) is 2.25. The number of anilines is 1. The van der Waals surface area contributed by atoms with Gasteiger partial charge in [0, 0.05) is 11.8 Å². The molecule has 5 nitrogen and oxygen atoms in total. The Morgan fingerprint density at radius 1 is 1.85 bits per heavy atom. The first-order valence-corrected chi connectivity index (χ1v) is 4.54. The van der Waals surface area contributed by atoms with Crippen LogP contribution >= 0.6 is 11.3 Å². The standard InChI is InChI=1S/C7H11N3O2S/c1-12-6(11)5(8)2-4-3-13-7(9)10-4/h3,5H,2,8H2,1H3,(H2,9,10). The van der Waals surface area contributed by atoms with Crippen LogP contribution in [0.2, 0.25) is 0 Å². The first kappa shape index (κ1) is 9.94. The van der Waals surface area contributed by atoms with E-state index in [0.717, 1.165) is 5.69 Å². The fourth-order valence-electron chi connectivity index (χ4n) is 0.876. The lowest BCUT2D eigenvalue weighted by molar-refractivity contribution is -0.142. The molecule has 0 aromatic carbocycles. The van der Waals surface area contributed by atoms with E-state index in [1.807, 2.05) is 0 Å². The van der Waals surface area contributed by atoms with Crippen LogP contribution in [0.4, 0.5) is 5.13 Å². The first-order chi connectivity index (χ1) is 6.13. The Kier molecular flexibility index (Phi) is 3.21. The minimum Gasteiger partial charge on any atom is -0.468 e. The van der Waals surface area contributed by atoms with Gasteiger partial charge in [-0.25, -0.2) is 4.98 Å². The van der Waals surface area contributed by atoms with Gasteiger partial charge >= 0.3 is 5.97 Å². The van der Waals surface area contributed by atoms with Gasteiger partial charge in [0.05, 0.1) is 12.8 Å². The number of carbonyl (C=O) groups excluding carboxylic acids is 1. The molecular formula is C7H11N3O2S. The van der Waals surface area contributed by atoms with Crippen molar-refractivity contribution in [3.63, 3.8) is 0 Å². The highest BCUT2D eigenvalue weighted by Crippen LogP contribution is 2.12. The molecule has 0 saturated carbocycles. The highest BCUT2D eigenvalue weighted by atomic mass is 32.1. The van der Waals surface area contributed by atoms with E-state index in [1.54, 1.807) is 5.38 Å². The summed E-state index contributed by atoms with van der Waals surface area (Å²) >= 11 is 1.32. The van der Waals surface area contributed by atoms with E-state index in [-0.39, 0.29) is 0 Å². The number of aromatic nitrogens is 1. The van der Waals surface area contributed by atoms with E-state index in [4.69, 9.17) is 11.5 Å². The number of esters is 1. The van der Waals surface area contributed by atoms with Crippen molar-refractivity contribution in [3.8, 4) is 0 Å². The Morgan fingerprint density at radius 3 is 3.00 bits per heavy atom. The van der Waals surface area contributed by atoms with Gasteiger partial charge in [-0.15, -0.1) is 11.3 Å². The maximum absolute atomic E-state index is 10.9. The van der Waals surface area contributed by atoms with Crippen molar-refractivity contribution in [1.82, 2.24) is 4.98 Å². The molecule has 1 unspecified atom stereocenters. The van der Waals surface area contributed by atoms with Gasteiger partial charge in [0.15, 0.2) is 5.13 Å². The Balaban J connectivity index is 2.54. The number of hydrogen-bond acceptors (Lipinski definition) is 6. The topological polar surface area (TPSA) is 91.2 Å². The number of nitrogens with zero attached hydrogens (tertiary/aromatic N) is 1. The number of carbonyl (C=O) groups is 1. The van der Waals surface area contributed by atoms with Crippen LogP contribution in [-0.2, 0) is 16.0 Å². The minimum absolute atomic E-state index is 0.361. The number of thiazole rings is 1. The average Bonchev–Trinajstić information content (AvgIpc) is 2.49. The smallest absolute Gasteiger partial charge is 0.323 e. The molecule has 0 saturated heterocycles. The fraction of sp³-hybridized carbons (Fsp3) is 0.429. The Morgan fingerprint density at radius 2 is 2.54 bits per heavy atom. The largest absolute Gasteiger partial charge is 0.468 e. The molecular weight excluding hydrogens is 190 g/mol. The van der Waals surface area contributed by atoms with Crippen LogP contribution in [0.1, 0.15) is 5.69 Å². The van der Waals surface area contributed by atoms with Crippen molar-refractivity contribution in [3.05, 3.63) is 11.1 Å². The number of rotatable bonds is 3. The third-order valence-electron chi connectivity index (χ3n) is 1.50. The molecule has 1 atom stereocenters. The van der Waals surface area contributed by atoms with E-state index in [1.165, 1.54) is 18.4 Å². The zero-order valence-electron chi connectivity index (χ0n) is 7.19. The van der Waals surface area contributed by atoms with Crippen LogP contribution in [-0.4, -0.2) is 24.1 Å². The van der Waals surface area contributed by atoms with E-state index in [2.05, 4.69) is 9.72 Å². The van der Waals surface area contributed by atoms with Gasteiger partial charge in [-0.05, 0) is 0 Å². The van der Waals surface area contributed by atoms with E-state index in [0.29, 0.717) is 11.6 Å². The van der Waals surface area contributed by atoms with E-state index in [9.17, 15) is 4.79 Å². The molecule has 1 aromatic heterocycles. The van der Waals surface area contributed by atoms with Crippen LogP contribution in [0.5, 0.6) is 0 Å². The summed E-state index contributed by atoms with van der Waals surface area (Å²) in [7, 11) is 1.30. The number of nitrogen functional groups attached to an aromatic ring is 1. The molecule has 1 rings (SSSR count). The van der Waals surface area contributed by atoms with Crippen LogP contribution < -0.4 is 11.5 Å². The molecule has 0 spiro atoms. The maximum Gasteiger partial charge on any atom is 0.323 e. The molecule has 1 aromatic rings. The van der Waals surface area contributed by atoms with Gasteiger partial charge in [0.25, 0.3) is 0 Å². The Hall–Kier alpha value is -1.14. The van der Waals surface area contributed by atoms with E-state index >= 15 is 0 Å². The van der Waals surface area contributed by atoms with Gasteiger partial charge in [0.1, 0.15) is 6.04 Å². The van der Waals surface area contributed by atoms with Crippen LogP contribution in [0.15, 0.2) is 5.38 Å². The highest BCUT2D eigenvalue weighted by Gasteiger charge is 2.15. The predicted octanol–water partition coefficient (Wildman–Crippen LogP) is -0.232. The van der Waals surface area contributed by atoms with Crippen molar-refractivity contribution in [2.75, 3.05) is 12.8 Å². The third kappa shape index (κ3) is 2.67. The lowest BCUT2D eigenvalue weighted by atomic mass is 10.2. The molecule has 13 heavy (non-hydrogen) atoms. The summed E-state index contributed by atoms with van der Waals surface area (Å²) in [4.78, 5) is 14.9. The third-order valence-corrected chi connectivity index (χ3v) is 2.23. The van der Waals surface area contributed by atoms with Crippen LogP contribution in [0.3, 0.4) is 0 Å². The number of hydrogen-bond donors (Lipinski definition) is 2. The van der Waals surface area contributed by atoms with Crippen molar-refractivity contribution in [2.24, 2.45) is 5.73 Å². The van der Waals surface area contributed by atoms with Gasteiger partial charge in [-0.3, -0.25) is 4.79 Å². The summed E-state index contributed by atoms with van der Waals surface area (Å²) in [6.45, 7) is 0. The molecule has 1 heterocycles. The normalized spacial score (nSPS) is 12.5. The molecule has 4 N–H and O–H groups in total. The highest BCUT2D eigenvalue weighted by molar-refractivity contribution is 7.13. The molecule has 0 amide bonds. The van der Waals surface area contributed by atoms with E-state index < -0.39 is 12.0 Å². The van der Waals surface area contributed by atoms with Gasteiger partial charge < -0.3 is 16.2 Å². The quantitative estimate of drug-likeness (QED) is 0.659. The summed E-state index contributed by atoms with van der Waals surface area (Å²) in [5.41, 5.74) is 11.7. The minimum atomic E-state index is -0.661. The lowest BCUT2D eigenvalue weighted by Crippen LogP contribution is -2.33. The number of nitrogens with two attached hydrogens (primary N) is 2. The van der Waals surface area contributed by atoms with Crippen molar-refractivity contribution in [1.29, 1.82) is 0 Å². The maximum atomic E-state index is 10.9. The predicted molar refractivity (Wildman–Crippen MR) is 50.2 cm³/mol. The zero-order chi connectivity index (χ0) is 9.84. The monoisotopic (exact) mass is 201 g/mol. The van der Waals surface area contributed by atoms with Gasteiger partial charge in [-0.2, -0.15) is 0 Å². The molecule has 0 bridgehead atoms. The molecule has 6 heteroatoms. The zero-order valence-corrected chi connectivity index (χ0v) is 8.00. The van der Waals surface area contributed by atoms with Crippen LogP contribution in [0.25, 0.3) is 0 Å². The second kappa shape index (κ2) is 4.20. The Bertz CT molecular complexity index is 300. The molecule has 0 aliphatic heterocycles. The molecule has 0 radical (unpaired) electrons. The average molecular weight is 201 g/mol. The fourth-order valence-corrected chi connectivity index (χ4v) is 1.45.